The second-order valence-electron chi connectivity index (χ2n) is 3.51. The molecule has 1 rings (SSSR count). The van der Waals surface area contributed by atoms with E-state index in [1.807, 2.05) is 20.9 Å². The highest BCUT2D eigenvalue weighted by molar-refractivity contribution is 6.02. The number of aliphatic imine (C=N–C) groups is 1. The van der Waals surface area contributed by atoms with Crippen LogP contribution in [0.15, 0.2) is 16.1 Å². The molecule has 0 bridgehead atoms. The van der Waals surface area contributed by atoms with Crippen molar-refractivity contribution in [3.63, 3.8) is 0 Å². The second kappa shape index (κ2) is 6.77. The van der Waals surface area contributed by atoms with Crippen LogP contribution < -0.4 is 5.32 Å². The zero-order valence-corrected chi connectivity index (χ0v) is 10.4. The number of piperidine rings is 1. The summed E-state index contributed by atoms with van der Waals surface area (Å²) in [5, 5.41) is 3.44. The predicted octanol–water partition coefficient (Wildman–Crippen LogP) is 2.80. The van der Waals surface area contributed by atoms with Crippen LogP contribution in [0.1, 0.15) is 41.0 Å². The first kappa shape index (κ1) is 13.4. The van der Waals surface area contributed by atoms with E-state index in [9.17, 15) is 0 Å². The molecule has 0 aliphatic carbocycles. The van der Waals surface area contributed by atoms with Crippen LogP contribution in [0, 0.1) is 0 Å². The van der Waals surface area contributed by atoms with Crippen molar-refractivity contribution in [1.82, 2.24) is 5.32 Å². The van der Waals surface area contributed by atoms with Gasteiger partial charge in [-0.3, -0.25) is 4.99 Å². The van der Waals surface area contributed by atoms with Crippen LogP contribution in [0.3, 0.4) is 0 Å². The summed E-state index contributed by atoms with van der Waals surface area (Å²) in [4.78, 5) is 4.32. The average molecular weight is 196 g/mol. The van der Waals surface area contributed by atoms with E-state index >= 15 is 0 Å². The highest BCUT2D eigenvalue weighted by atomic mass is 14.9. The van der Waals surface area contributed by atoms with Crippen molar-refractivity contribution in [1.29, 1.82) is 0 Å². The molecule has 0 radical (unpaired) electrons. The van der Waals surface area contributed by atoms with Crippen molar-refractivity contribution in [2.45, 2.75) is 47.1 Å². The van der Waals surface area contributed by atoms with Gasteiger partial charge in [-0.05, 0) is 26.3 Å². The van der Waals surface area contributed by atoms with Crippen molar-refractivity contribution in [2.75, 3.05) is 13.6 Å². The molecule has 82 valence electrons. The number of hydrogen-bond acceptors (Lipinski definition) is 2. The molecule has 1 aliphatic rings. The van der Waals surface area contributed by atoms with Crippen molar-refractivity contribution in [3.05, 3.63) is 11.1 Å². The van der Waals surface area contributed by atoms with Gasteiger partial charge in [0.2, 0.25) is 0 Å². The Hall–Kier alpha value is -0.630. The van der Waals surface area contributed by atoms with E-state index in [0.29, 0.717) is 6.04 Å². The summed E-state index contributed by atoms with van der Waals surface area (Å²) in [6, 6.07) is 0.474. The molecule has 1 unspecified atom stereocenters. The summed E-state index contributed by atoms with van der Waals surface area (Å²) in [7, 11) is 1.89. The molecule has 0 aromatic carbocycles. The normalized spacial score (nSPS) is 24.3. The van der Waals surface area contributed by atoms with Crippen molar-refractivity contribution in [3.8, 4) is 0 Å². The Morgan fingerprint density at radius 3 is 2.29 bits per heavy atom. The fourth-order valence-corrected chi connectivity index (χ4v) is 1.85. The Kier molecular flexibility index (Phi) is 6.46. The summed E-state index contributed by atoms with van der Waals surface area (Å²) in [5.41, 5.74) is 4.07. The standard InChI is InChI=1S/C10H18N2.C2H6/c1-7(2)10-8(3)12-6-5-9(10)11-4;1-2/h8,12H,5-6H2,1-4H3;1-2H3. The Labute approximate surface area is 88.5 Å². The lowest BCUT2D eigenvalue weighted by atomic mass is 9.93. The third-order valence-corrected chi connectivity index (χ3v) is 2.36. The second-order valence-corrected chi connectivity index (χ2v) is 3.51. The molecule has 14 heavy (non-hydrogen) atoms. The highest BCUT2D eigenvalue weighted by Gasteiger charge is 2.19. The van der Waals surface area contributed by atoms with E-state index in [1.165, 1.54) is 16.9 Å². The van der Waals surface area contributed by atoms with Crippen LogP contribution in [0.5, 0.6) is 0 Å². The Morgan fingerprint density at radius 2 is 1.93 bits per heavy atom. The van der Waals surface area contributed by atoms with Gasteiger partial charge in [0.05, 0.1) is 0 Å². The Balaban J connectivity index is 0.000000791. The van der Waals surface area contributed by atoms with Gasteiger partial charge in [0.1, 0.15) is 0 Å². The van der Waals surface area contributed by atoms with Crippen LogP contribution in [-0.2, 0) is 0 Å². The van der Waals surface area contributed by atoms with Crippen LogP contribution in [-0.4, -0.2) is 25.3 Å². The summed E-state index contributed by atoms with van der Waals surface area (Å²) in [5.74, 6) is 0. The molecular formula is C12H24N2. The maximum Gasteiger partial charge on any atom is 0.0404 e. The maximum absolute atomic E-state index is 4.32. The van der Waals surface area contributed by atoms with E-state index in [2.05, 4.69) is 31.1 Å². The monoisotopic (exact) mass is 196 g/mol. The van der Waals surface area contributed by atoms with Gasteiger partial charge in [0.15, 0.2) is 0 Å². The molecule has 0 aromatic heterocycles. The molecule has 1 N–H and O–H groups in total. The minimum Gasteiger partial charge on any atom is -0.310 e. The predicted molar refractivity (Wildman–Crippen MR) is 65.2 cm³/mol. The summed E-state index contributed by atoms with van der Waals surface area (Å²) in [6.07, 6.45) is 1.07. The third-order valence-electron chi connectivity index (χ3n) is 2.36. The van der Waals surface area contributed by atoms with Gasteiger partial charge in [0.25, 0.3) is 0 Å². The summed E-state index contributed by atoms with van der Waals surface area (Å²) in [6.45, 7) is 11.6. The molecule has 1 heterocycles. The molecule has 0 spiro atoms. The minimum absolute atomic E-state index is 0.474. The number of hydrogen-bond donors (Lipinski definition) is 1. The number of nitrogens with zero attached hydrogens (tertiary/aromatic N) is 1. The molecule has 0 saturated carbocycles. The Morgan fingerprint density at radius 1 is 1.36 bits per heavy atom. The zero-order valence-electron chi connectivity index (χ0n) is 10.4. The first-order valence-corrected chi connectivity index (χ1v) is 5.53. The molecule has 0 aromatic rings. The van der Waals surface area contributed by atoms with Gasteiger partial charge in [-0.2, -0.15) is 0 Å². The zero-order chi connectivity index (χ0) is 11.1. The molecule has 1 saturated heterocycles. The lowest BCUT2D eigenvalue weighted by Gasteiger charge is -2.26. The summed E-state index contributed by atoms with van der Waals surface area (Å²) < 4.78 is 0. The van der Waals surface area contributed by atoms with Crippen LogP contribution in [0.2, 0.25) is 0 Å². The SMILES string of the molecule is CC.CN=C1CCNC(C)C1=C(C)C. The quantitative estimate of drug-likeness (QED) is 0.633. The van der Waals surface area contributed by atoms with Crippen LogP contribution in [0.4, 0.5) is 0 Å². The van der Waals surface area contributed by atoms with E-state index < -0.39 is 0 Å². The first-order chi connectivity index (χ1) is 6.66. The average Bonchev–Trinajstić information content (AvgIpc) is 2.19. The van der Waals surface area contributed by atoms with Gasteiger partial charge < -0.3 is 5.32 Å². The molecule has 1 atom stereocenters. The van der Waals surface area contributed by atoms with Gasteiger partial charge in [-0.1, -0.05) is 19.4 Å². The van der Waals surface area contributed by atoms with Crippen molar-refractivity contribution >= 4 is 5.71 Å². The molecule has 1 aliphatic heterocycles. The van der Waals surface area contributed by atoms with E-state index in [-0.39, 0.29) is 0 Å². The number of nitrogens with one attached hydrogen (secondary N) is 1. The maximum atomic E-state index is 4.32. The first-order valence-electron chi connectivity index (χ1n) is 5.53. The fourth-order valence-electron chi connectivity index (χ4n) is 1.85. The van der Waals surface area contributed by atoms with Gasteiger partial charge in [-0.15, -0.1) is 0 Å². The van der Waals surface area contributed by atoms with E-state index in [1.54, 1.807) is 0 Å². The Bertz CT molecular complexity index is 222. The van der Waals surface area contributed by atoms with Crippen molar-refractivity contribution < 1.29 is 0 Å². The lowest BCUT2D eigenvalue weighted by molar-refractivity contribution is 0.603. The van der Waals surface area contributed by atoms with E-state index in [4.69, 9.17) is 0 Å². The van der Waals surface area contributed by atoms with E-state index in [0.717, 1.165) is 13.0 Å². The molecular weight excluding hydrogens is 172 g/mol. The molecule has 2 heteroatoms. The lowest BCUT2D eigenvalue weighted by Crippen LogP contribution is -2.39. The highest BCUT2D eigenvalue weighted by Crippen LogP contribution is 2.16. The number of rotatable bonds is 0. The molecule has 2 nitrogen and oxygen atoms in total. The molecule has 1 fully saturated rings. The summed E-state index contributed by atoms with van der Waals surface area (Å²) >= 11 is 0. The van der Waals surface area contributed by atoms with Gasteiger partial charge in [-0.25, -0.2) is 0 Å². The smallest absolute Gasteiger partial charge is 0.0404 e. The van der Waals surface area contributed by atoms with Crippen molar-refractivity contribution in [2.24, 2.45) is 4.99 Å². The minimum atomic E-state index is 0.474. The number of allylic oxidation sites excluding steroid dienone is 1. The largest absolute Gasteiger partial charge is 0.310 e. The fraction of sp³-hybridized carbons (Fsp3) is 0.750. The molecule has 0 amide bonds. The van der Waals surface area contributed by atoms with Crippen LogP contribution in [0.25, 0.3) is 0 Å². The van der Waals surface area contributed by atoms with Gasteiger partial charge >= 0.3 is 0 Å². The van der Waals surface area contributed by atoms with Gasteiger partial charge in [0, 0.05) is 31.8 Å². The third kappa shape index (κ3) is 3.26. The van der Waals surface area contributed by atoms with Crippen LogP contribution >= 0.6 is 0 Å². The topological polar surface area (TPSA) is 24.4 Å².